The summed E-state index contributed by atoms with van der Waals surface area (Å²) in [6, 6.07) is 14.4. The van der Waals surface area contributed by atoms with Crippen LogP contribution in [0.25, 0.3) is 0 Å². The Balaban J connectivity index is 2.17. The molecule has 2 aromatic carbocycles. The Kier molecular flexibility index (Phi) is 5.52. The zero-order valence-electron chi connectivity index (χ0n) is 13.8. The number of anilines is 1. The second-order valence-electron chi connectivity index (χ2n) is 5.38. The quantitative estimate of drug-likeness (QED) is 0.915. The fourth-order valence-electron chi connectivity index (χ4n) is 2.33. The highest BCUT2D eigenvalue weighted by molar-refractivity contribution is 6.06. The highest BCUT2D eigenvalue weighted by Gasteiger charge is 2.14. The van der Waals surface area contributed by atoms with Crippen LogP contribution in [-0.4, -0.2) is 29.8 Å². The standard InChI is InChI=1S/C19H22N2O2/c1-4-21(5-2)19(23)16-8-6-7-15(13-16)18(22)20-17-11-9-14(3)10-12-17/h6-13H,4-5H2,1-3H3,(H,20,22). The largest absolute Gasteiger partial charge is 0.339 e. The van der Waals surface area contributed by atoms with Crippen molar-refractivity contribution < 1.29 is 9.59 Å². The molecule has 1 N–H and O–H groups in total. The molecule has 0 spiro atoms. The zero-order chi connectivity index (χ0) is 16.8. The van der Waals surface area contributed by atoms with E-state index in [1.54, 1.807) is 29.2 Å². The molecule has 0 saturated heterocycles. The van der Waals surface area contributed by atoms with Crippen LogP contribution in [0.3, 0.4) is 0 Å². The molecule has 0 radical (unpaired) electrons. The molecule has 0 fully saturated rings. The molecular weight excluding hydrogens is 288 g/mol. The first-order chi connectivity index (χ1) is 11.0. The molecule has 0 heterocycles. The molecular formula is C19H22N2O2. The average Bonchev–Trinajstić information content (AvgIpc) is 2.58. The Labute approximate surface area is 137 Å². The summed E-state index contributed by atoms with van der Waals surface area (Å²) in [5, 5.41) is 2.84. The number of hydrogen-bond donors (Lipinski definition) is 1. The van der Waals surface area contributed by atoms with Crippen LogP contribution in [0, 0.1) is 6.92 Å². The number of carbonyl (C=O) groups excluding carboxylic acids is 2. The summed E-state index contributed by atoms with van der Waals surface area (Å²) in [6.45, 7) is 7.17. The van der Waals surface area contributed by atoms with E-state index in [4.69, 9.17) is 0 Å². The minimum atomic E-state index is -0.219. The van der Waals surface area contributed by atoms with Crippen LogP contribution >= 0.6 is 0 Å². The lowest BCUT2D eigenvalue weighted by Crippen LogP contribution is -2.30. The third kappa shape index (κ3) is 4.19. The maximum absolute atomic E-state index is 12.4. The van der Waals surface area contributed by atoms with E-state index in [1.165, 1.54) is 0 Å². The number of carbonyl (C=O) groups is 2. The summed E-state index contributed by atoms with van der Waals surface area (Å²) in [5.41, 5.74) is 2.88. The van der Waals surface area contributed by atoms with Crippen LogP contribution in [0.2, 0.25) is 0 Å². The molecule has 0 aromatic heterocycles. The molecule has 0 bridgehead atoms. The first-order valence-corrected chi connectivity index (χ1v) is 7.82. The molecule has 0 aliphatic rings. The Bertz CT molecular complexity index is 689. The van der Waals surface area contributed by atoms with Gasteiger partial charge in [0.25, 0.3) is 11.8 Å². The summed E-state index contributed by atoms with van der Waals surface area (Å²) in [7, 11) is 0. The van der Waals surface area contributed by atoms with Crippen LogP contribution in [0.15, 0.2) is 48.5 Å². The van der Waals surface area contributed by atoms with E-state index >= 15 is 0 Å². The van der Waals surface area contributed by atoms with Crippen molar-refractivity contribution in [3.63, 3.8) is 0 Å². The summed E-state index contributed by atoms with van der Waals surface area (Å²) in [5.74, 6) is -0.275. The molecule has 4 nitrogen and oxygen atoms in total. The molecule has 0 saturated carbocycles. The fraction of sp³-hybridized carbons (Fsp3) is 0.263. The maximum atomic E-state index is 12.4. The van der Waals surface area contributed by atoms with Crippen LogP contribution in [0.1, 0.15) is 40.1 Å². The Hall–Kier alpha value is -2.62. The Morgan fingerprint density at radius 2 is 1.57 bits per heavy atom. The minimum Gasteiger partial charge on any atom is -0.339 e. The van der Waals surface area contributed by atoms with Crippen molar-refractivity contribution in [2.45, 2.75) is 20.8 Å². The van der Waals surface area contributed by atoms with Gasteiger partial charge in [0.05, 0.1) is 0 Å². The number of nitrogens with zero attached hydrogens (tertiary/aromatic N) is 1. The van der Waals surface area contributed by atoms with Gasteiger partial charge in [0.1, 0.15) is 0 Å². The van der Waals surface area contributed by atoms with Gasteiger partial charge in [0, 0.05) is 29.9 Å². The maximum Gasteiger partial charge on any atom is 0.255 e. The molecule has 0 aliphatic heterocycles. The summed E-state index contributed by atoms with van der Waals surface area (Å²) in [4.78, 5) is 26.5. The third-order valence-electron chi connectivity index (χ3n) is 3.73. The first kappa shape index (κ1) is 16.7. The van der Waals surface area contributed by atoms with Crippen molar-refractivity contribution in [1.82, 2.24) is 4.90 Å². The van der Waals surface area contributed by atoms with E-state index in [0.717, 1.165) is 11.3 Å². The van der Waals surface area contributed by atoms with Gasteiger partial charge in [-0.25, -0.2) is 0 Å². The molecule has 2 aromatic rings. The lowest BCUT2D eigenvalue weighted by Gasteiger charge is -2.18. The van der Waals surface area contributed by atoms with E-state index in [1.807, 2.05) is 45.0 Å². The lowest BCUT2D eigenvalue weighted by atomic mass is 10.1. The van der Waals surface area contributed by atoms with Crippen molar-refractivity contribution >= 4 is 17.5 Å². The van der Waals surface area contributed by atoms with Crippen molar-refractivity contribution in [3.8, 4) is 0 Å². The average molecular weight is 310 g/mol. The van der Waals surface area contributed by atoms with Crippen molar-refractivity contribution in [1.29, 1.82) is 0 Å². The first-order valence-electron chi connectivity index (χ1n) is 7.82. The smallest absolute Gasteiger partial charge is 0.255 e. The van der Waals surface area contributed by atoms with Crippen LogP contribution < -0.4 is 5.32 Å². The number of nitrogens with one attached hydrogen (secondary N) is 1. The van der Waals surface area contributed by atoms with E-state index in [2.05, 4.69) is 5.32 Å². The van der Waals surface area contributed by atoms with Crippen molar-refractivity contribution in [2.24, 2.45) is 0 Å². The SMILES string of the molecule is CCN(CC)C(=O)c1cccc(C(=O)Nc2ccc(C)cc2)c1. The molecule has 120 valence electrons. The highest BCUT2D eigenvalue weighted by Crippen LogP contribution is 2.13. The van der Waals surface area contributed by atoms with E-state index in [9.17, 15) is 9.59 Å². The molecule has 23 heavy (non-hydrogen) atoms. The number of aryl methyl sites for hydroxylation is 1. The summed E-state index contributed by atoms with van der Waals surface area (Å²) in [6.07, 6.45) is 0. The number of amides is 2. The molecule has 4 heteroatoms. The van der Waals surface area contributed by atoms with Crippen LogP contribution in [-0.2, 0) is 0 Å². The molecule has 0 aliphatic carbocycles. The van der Waals surface area contributed by atoms with Crippen LogP contribution in [0.4, 0.5) is 5.69 Å². The lowest BCUT2D eigenvalue weighted by molar-refractivity contribution is 0.0773. The molecule has 2 rings (SSSR count). The van der Waals surface area contributed by atoms with Crippen molar-refractivity contribution in [2.75, 3.05) is 18.4 Å². The van der Waals surface area contributed by atoms with Gasteiger partial charge in [-0.2, -0.15) is 0 Å². The van der Waals surface area contributed by atoms with Crippen molar-refractivity contribution in [3.05, 3.63) is 65.2 Å². The Morgan fingerprint density at radius 1 is 0.957 bits per heavy atom. The summed E-state index contributed by atoms with van der Waals surface area (Å²) >= 11 is 0. The fourth-order valence-corrected chi connectivity index (χ4v) is 2.33. The third-order valence-corrected chi connectivity index (χ3v) is 3.73. The van der Waals surface area contributed by atoms with E-state index in [-0.39, 0.29) is 11.8 Å². The van der Waals surface area contributed by atoms with Gasteiger partial charge >= 0.3 is 0 Å². The predicted molar refractivity (Wildman–Crippen MR) is 92.8 cm³/mol. The number of rotatable bonds is 5. The summed E-state index contributed by atoms with van der Waals surface area (Å²) < 4.78 is 0. The second kappa shape index (κ2) is 7.58. The molecule has 0 unspecified atom stereocenters. The monoisotopic (exact) mass is 310 g/mol. The van der Waals surface area contributed by atoms with E-state index in [0.29, 0.717) is 24.2 Å². The predicted octanol–water partition coefficient (Wildman–Crippen LogP) is 3.73. The normalized spacial score (nSPS) is 10.2. The van der Waals surface area contributed by atoms with E-state index < -0.39 is 0 Å². The molecule has 2 amide bonds. The zero-order valence-corrected chi connectivity index (χ0v) is 13.8. The second-order valence-corrected chi connectivity index (χ2v) is 5.38. The van der Waals surface area contributed by atoms with Crippen LogP contribution in [0.5, 0.6) is 0 Å². The van der Waals surface area contributed by atoms with Gasteiger partial charge in [0.15, 0.2) is 0 Å². The minimum absolute atomic E-state index is 0.0556. The van der Waals surface area contributed by atoms with Gasteiger partial charge < -0.3 is 10.2 Å². The van der Waals surface area contributed by atoms with Gasteiger partial charge in [-0.1, -0.05) is 23.8 Å². The van der Waals surface area contributed by atoms with Gasteiger partial charge in [-0.05, 0) is 51.1 Å². The van der Waals surface area contributed by atoms with Gasteiger partial charge in [-0.3, -0.25) is 9.59 Å². The van der Waals surface area contributed by atoms with Gasteiger partial charge in [-0.15, -0.1) is 0 Å². The number of hydrogen-bond acceptors (Lipinski definition) is 2. The number of benzene rings is 2. The topological polar surface area (TPSA) is 49.4 Å². The Morgan fingerprint density at radius 3 is 2.17 bits per heavy atom. The molecule has 0 atom stereocenters. The van der Waals surface area contributed by atoms with Gasteiger partial charge in [0.2, 0.25) is 0 Å². The highest BCUT2D eigenvalue weighted by atomic mass is 16.2.